The van der Waals surface area contributed by atoms with Gasteiger partial charge in [0.1, 0.15) is 0 Å². The molecule has 0 amide bonds. The van der Waals surface area contributed by atoms with Crippen LogP contribution in [0.5, 0.6) is 0 Å². The van der Waals surface area contributed by atoms with Crippen LogP contribution in [0.4, 0.5) is 0 Å². The van der Waals surface area contributed by atoms with Gasteiger partial charge in [0.25, 0.3) is 0 Å². The average Bonchev–Trinajstić information content (AvgIpc) is 1.63. The molecule has 0 aliphatic rings. The fraction of sp³-hybridized carbons (Fsp3) is 0.714. The Morgan fingerprint density at radius 3 is 2.22 bits per heavy atom. The molecule has 0 unspecified atom stereocenters. The third kappa shape index (κ3) is 8.06. The molecule has 0 bridgehead atoms. The second kappa shape index (κ2) is 3.97. The van der Waals surface area contributed by atoms with E-state index in [1.807, 2.05) is 0 Å². The fourth-order valence-electron chi connectivity index (χ4n) is 0.373. The number of ether oxygens (including phenoxy) is 1. The van der Waals surface area contributed by atoms with Gasteiger partial charge < -0.3 is 0 Å². The van der Waals surface area contributed by atoms with Gasteiger partial charge in [0.2, 0.25) is 0 Å². The van der Waals surface area contributed by atoms with Gasteiger partial charge in [-0.1, -0.05) is 0 Å². The normalized spacial score (nSPS) is 10.2. The standard InChI is InChI=1S/C7H14GeO/c1-8(2,3)6-5-7-9-4/h7H2,1-4H3. The van der Waals surface area contributed by atoms with Crippen LogP contribution in [-0.2, 0) is 4.74 Å². The summed E-state index contributed by atoms with van der Waals surface area (Å²) < 4.78 is 8.03. The Labute approximate surface area is 60.1 Å². The summed E-state index contributed by atoms with van der Waals surface area (Å²) in [6.45, 7) is 0.586. The zero-order valence-electron chi connectivity index (χ0n) is 6.62. The predicted molar refractivity (Wildman–Crippen MR) is 43.0 cm³/mol. The molecule has 0 aromatic heterocycles. The first-order chi connectivity index (χ1) is 4.06. The summed E-state index contributed by atoms with van der Waals surface area (Å²) in [5.74, 6) is 9.79. The molecular weight excluding hydrogens is 173 g/mol. The first-order valence-electron chi connectivity index (χ1n) is 3.05. The molecule has 0 atom stereocenters. The third-order valence-corrected chi connectivity index (χ3v) is 2.62. The Hall–Kier alpha value is 0.0629. The Kier molecular flexibility index (Phi) is 4.00. The van der Waals surface area contributed by atoms with Crippen molar-refractivity contribution in [2.75, 3.05) is 13.7 Å². The second-order valence-corrected chi connectivity index (χ2v) is 13.0. The van der Waals surface area contributed by atoms with Crippen molar-refractivity contribution < 1.29 is 4.74 Å². The molecule has 0 heterocycles. The molecule has 0 rings (SSSR count). The molecule has 0 aromatic rings. The summed E-state index contributed by atoms with van der Waals surface area (Å²) in [6, 6.07) is 0. The Morgan fingerprint density at radius 1 is 1.33 bits per heavy atom. The number of methoxy groups -OCH3 is 1. The zero-order chi connectivity index (χ0) is 7.33. The predicted octanol–water partition coefficient (Wildman–Crippen LogP) is 1.51. The van der Waals surface area contributed by atoms with E-state index in [0.717, 1.165) is 0 Å². The molecule has 0 saturated heterocycles. The molecule has 0 aliphatic heterocycles. The summed E-state index contributed by atoms with van der Waals surface area (Å²) >= 11 is -1.57. The summed E-state index contributed by atoms with van der Waals surface area (Å²) in [5.41, 5.74) is 0. The molecule has 0 aliphatic carbocycles. The molecule has 0 fully saturated rings. The Balaban J connectivity index is 3.59. The van der Waals surface area contributed by atoms with E-state index in [1.165, 1.54) is 0 Å². The van der Waals surface area contributed by atoms with Crippen LogP contribution in [0.1, 0.15) is 0 Å². The van der Waals surface area contributed by atoms with E-state index in [9.17, 15) is 0 Å². The van der Waals surface area contributed by atoms with E-state index in [4.69, 9.17) is 4.74 Å². The van der Waals surface area contributed by atoms with Crippen molar-refractivity contribution in [3.05, 3.63) is 0 Å². The van der Waals surface area contributed by atoms with E-state index in [0.29, 0.717) is 6.61 Å². The second-order valence-electron chi connectivity index (χ2n) is 2.98. The van der Waals surface area contributed by atoms with Gasteiger partial charge in [-0.25, -0.2) is 0 Å². The van der Waals surface area contributed by atoms with Crippen LogP contribution in [0.25, 0.3) is 0 Å². The SMILES string of the molecule is COCC#[C][Ge]([CH3])([CH3])[CH3]. The van der Waals surface area contributed by atoms with Crippen LogP contribution in [0.2, 0.25) is 17.3 Å². The topological polar surface area (TPSA) is 9.23 Å². The molecule has 0 aromatic carbocycles. The van der Waals surface area contributed by atoms with Gasteiger partial charge in [-0.15, -0.1) is 0 Å². The van der Waals surface area contributed by atoms with Crippen molar-refractivity contribution in [2.24, 2.45) is 0 Å². The number of hydrogen-bond donors (Lipinski definition) is 0. The average molecular weight is 187 g/mol. The van der Waals surface area contributed by atoms with Crippen molar-refractivity contribution in [2.45, 2.75) is 17.3 Å². The van der Waals surface area contributed by atoms with Crippen LogP contribution in [0, 0.1) is 10.7 Å². The van der Waals surface area contributed by atoms with Gasteiger partial charge in [0, 0.05) is 0 Å². The Morgan fingerprint density at radius 2 is 1.89 bits per heavy atom. The van der Waals surface area contributed by atoms with Crippen LogP contribution in [0.3, 0.4) is 0 Å². The molecule has 0 radical (unpaired) electrons. The number of hydrogen-bond acceptors (Lipinski definition) is 1. The first kappa shape index (κ1) is 9.06. The monoisotopic (exact) mass is 188 g/mol. The maximum atomic E-state index is 4.79. The van der Waals surface area contributed by atoms with E-state index in [2.05, 4.69) is 27.9 Å². The van der Waals surface area contributed by atoms with Gasteiger partial charge in [0.05, 0.1) is 0 Å². The third-order valence-electron chi connectivity index (χ3n) is 0.680. The van der Waals surface area contributed by atoms with Gasteiger partial charge in [-0.05, 0) is 0 Å². The van der Waals surface area contributed by atoms with Gasteiger partial charge >= 0.3 is 59.7 Å². The van der Waals surface area contributed by atoms with E-state index in [1.54, 1.807) is 7.11 Å². The minimum atomic E-state index is -1.57. The molecular formula is C7H14GeO. The zero-order valence-corrected chi connectivity index (χ0v) is 8.71. The first-order valence-corrected chi connectivity index (χ1v) is 10.4. The Bertz CT molecular complexity index is 124. The van der Waals surface area contributed by atoms with Crippen molar-refractivity contribution in [1.82, 2.24) is 0 Å². The van der Waals surface area contributed by atoms with Crippen LogP contribution >= 0.6 is 0 Å². The maximum absolute atomic E-state index is 4.79. The van der Waals surface area contributed by atoms with Crippen LogP contribution < -0.4 is 0 Å². The molecule has 2 heteroatoms. The van der Waals surface area contributed by atoms with E-state index >= 15 is 0 Å². The molecule has 52 valence electrons. The van der Waals surface area contributed by atoms with E-state index < -0.39 is 13.3 Å². The molecule has 9 heavy (non-hydrogen) atoms. The minimum absolute atomic E-state index is 0.586. The molecule has 0 N–H and O–H groups in total. The van der Waals surface area contributed by atoms with Crippen molar-refractivity contribution >= 4 is 13.3 Å². The fourth-order valence-corrected chi connectivity index (χ4v) is 1.64. The van der Waals surface area contributed by atoms with Crippen molar-refractivity contribution in [3.63, 3.8) is 0 Å². The quantitative estimate of drug-likeness (QED) is 0.446. The van der Waals surface area contributed by atoms with Gasteiger partial charge in [0.15, 0.2) is 0 Å². The van der Waals surface area contributed by atoms with E-state index in [-0.39, 0.29) is 0 Å². The summed E-state index contributed by atoms with van der Waals surface area (Å²) in [5, 5.41) is 0. The van der Waals surface area contributed by atoms with Crippen LogP contribution in [0.15, 0.2) is 0 Å². The number of rotatable bonds is 1. The van der Waals surface area contributed by atoms with Crippen LogP contribution in [-0.4, -0.2) is 27.0 Å². The summed E-state index contributed by atoms with van der Waals surface area (Å²) in [7, 11) is 1.67. The van der Waals surface area contributed by atoms with Gasteiger partial charge in [-0.3, -0.25) is 0 Å². The molecule has 0 spiro atoms. The van der Waals surface area contributed by atoms with Gasteiger partial charge in [-0.2, -0.15) is 0 Å². The summed E-state index contributed by atoms with van der Waals surface area (Å²) in [4.78, 5) is 0. The molecule has 1 nitrogen and oxygen atoms in total. The molecule has 0 saturated carbocycles. The van der Waals surface area contributed by atoms with Crippen molar-refractivity contribution in [1.29, 1.82) is 0 Å². The summed E-state index contributed by atoms with van der Waals surface area (Å²) in [6.07, 6.45) is 0. The van der Waals surface area contributed by atoms with Crippen molar-refractivity contribution in [3.8, 4) is 10.7 Å².